The van der Waals surface area contributed by atoms with Crippen LogP contribution in [0.25, 0.3) is 0 Å². The Hall–Kier alpha value is -0.530. The van der Waals surface area contributed by atoms with Crippen molar-refractivity contribution in [1.29, 1.82) is 0 Å². The van der Waals surface area contributed by atoms with E-state index in [1.165, 1.54) is 32.1 Å². The van der Waals surface area contributed by atoms with Gasteiger partial charge in [-0.15, -0.1) is 0 Å². The average Bonchev–Trinajstić information content (AvgIpc) is 2.13. The third-order valence-electron chi connectivity index (χ3n) is 2.37. The predicted octanol–water partition coefficient (Wildman–Crippen LogP) is 3.50. The van der Waals surface area contributed by atoms with Crippen LogP contribution in [0.1, 0.15) is 65.7 Å². The highest BCUT2D eigenvalue weighted by atomic mass is 14.9. The quantitative estimate of drug-likeness (QED) is 0.362. The van der Waals surface area contributed by atoms with E-state index in [0.29, 0.717) is 6.04 Å². The van der Waals surface area contributed by atoms with Crippen LogP contribution in [0, 0.1) is 0 Å². The minimum Gasteiger partial charge on any atom is -0.387 e. The van der Waals surface area contributed by atoms with Crippen LogP contribution in [-0.4, -0.2) is 11.9 Å². The summed E-state index contributed by atoms with van der Waals surface area (Å²) in [6.45, 7) is 6.53. The van der Waals surface area contributed by atoms with E-state index in [2.05, 4.69) is 25.8 Å². The fraction of sp³-hybridized carbons (Fsp3) is 0.917. The fourth-order valence-corrected chi connectivity index (χ4v) is 1.53. The Morgan fingerprint density at radius 1 is 1.14 bits per heavy atom. The lowest BCUT2D eigenvalue weighted by molar-refractivity contribution is 0.575. The standard InChI is InChI=1S/C12H26N2/c1-4-6-7-8-10-11(3)14-12(13)9-5-2/h11H,4-10H2,1-3H3,(H2,13,14). The van der Waals surface area contributed by atoms with Gasteiger partial charge in [0.15, 0.2) is 0 Å². The highest BCUT2D eigenvalue weighted by Gasteiger charge is 2.00. The van der Waals surface area contributed by atoms with Crippen LogP contribution in [0.3, 0.4) is 0 Å². The lowest BCUT2D eigenvalue weighted by Gasteiger charge is -2.07. The second kappa shape index (κ2) is 9.04. The minimum atomic E-state index is 0.415. The third-order valence-corrected chi connectivity index (χ3v) is 2.37. The highest BCUT2D eigenvalue weighted by molar-refractivity contribution is 5.80. The minimum absolute atomic E-state index is 0.415. The van der Waals surface area contributed by atoms with Crippen LogP contribution in [0.2, 0.25) is 0 Å². The van der Waals surface area contributed by atoms with E-state index in [0.717, 1.165) is 18.7 Å². The van der Waals surface area contributed by atoms with Crippen molar-refractivity contribution in [2.24, 2.45) is 10.7 Å². The first-order valence-corrected chi connectivity index (χ1v) is 6.02. The molecule has 0 saturated heterocycles. The molecule has 0 aliphatic heterocycles. The number of hydrogen-bond donors (Lipinski definition) is 1. The molecule has 2 N–H and O–H groups in total. The molecule has 0 spiro atoms. The zero-order valence-corrected chi connectivity index (χ0v) is 10.1. The van der Waals surface area contributed by atoms with Crippen LogP contribution in [-0.2, 0) is 0 Å². The maximum atomic E-state index is 5.77. The maximum Gasteiger partial charge on any atom is 0.0940 e. The summed E-state index contributed by atoms with van der Waals surface area (Å²) in [6.07, 6.45) is 8.50. The Labute approximate surface area is 89.0 Å². The summed E-state index contributed by atoms with van der Waals surface area (Å²) in [5, 5.41) is 0. The number of aliphatic imine (C=N–C) groups is 1. The molecule has 0 aromatic carbocycles. The zero-order valence-electron chi connectivity index (χ0n) is 10.1. The van der Waals surface area contributed by atoms with Crippen LogP contribution < -0.4 is 5.73 Å². The molecule has 1 unspecified atom stereocenters. The van der Waals surface area contributed by atoms with Gasteiger partial charge in [0.2, 0.25) is 0 Å². The summed E-state index contributed by atoms with van der Waals surface area (Å²) in [5.74, 6) is 0.829. The van der Waals surface area contributed by atoms with E-state index in [-0.39, 0.29) is 0 Å². The lowest BCUT2D eigenvalue weighted by Crippen LogP contribution is -2.14. The van der Waals surface area contributed by atoms with Gasteiger partial charge in [-0.3, -0.25) is 4.99 Å². The van der Waals surface area contributed by atoms with Crippen molar-refractivity contribution < 1.29 is 0 Å². The van der Waals surface area contributed by atoms with Crippen molar-refractivity contribution in [3.05, 3.63) is 0 Å². The summed E-state index contributed by atoms with van der Waals surface area (Å²) in [4.78, 5) is 4.46. The molecule has 14 heavy (non-hydrogen) atoms. The molecule has 0 aromatic rings. The molecule has 0 aliphatic rings. The number of nitrogens with two attached hydrogens (primary N) is 1. The molecule has 0 amide bonds. The number of nitrogens with zero attached hydrogens (tertiary/aromatic N) is 1. The molecule has 0 bridgehead atoms. The summed E-state index contributed by atoms with van der Waals surface area (Å²) in [7, 11) is 0. The smallest absolute Gasteiger partial charge is 0.0940 e. The molecule has 84 valence electrons. The summed E-state index contributed by atoms with van der Waals surface area (Å²) in [5.41, 5.74) is 5.77. The second-order valence-corrected chi connectivity index (χ2v) is 4.07. The SMILES string of the molecule is CCCCCCC(C)N=C(N)CCC. The van der Waals surface area contributed by atoms with Crippen LogP contribution in [0.15, 0.2) is 4.99 Å². The first-order chi connectivity index (χ1) is 6.70. The summed E-state index contributed by atoms with van der Waals surface area (Å²) >= 11 is 0. The molecule has 0 fully saturated rings. The van der Waals surface area contributed by atoms with Crippen LogP contribution >= 0.6 is 0 Å². The Morgan fingerprint density at radius 2 is 1.86 bits per heavy atom. The Bertz CT molecular complexity index is 152. The molecular formula is C12H26N2. The topological polar surface area (TPSA) is 38.4 Å². The molecule has 1 atom stereocenters. The second-order valence-electron chi connectivity index (χ2n) is 4.07. The zero-order chi connectivity index (χ0) is 10.8. The molecule has 0 saturated carbocycles. The number of hydrogen-bond acceptors (Lipinski definition) is 1. The van der Waals surface area contributed by atoms with Gasteiger partial charge in [0.25, 0.3) is 0 Å². The van der Waals surface area contributed by atoms with Crippen molar-refractivity contribution >= 4 is 5.84 Å². The van der Waals surface area contributed by atoms with Crippen molar-refractivity contribution in [3.8, 4) is 0 Å². The number of amidine groups is 1. The van der Waals surface area contributed by atoms with E-state index in [1.54, 1.807) is 0 Å². The van der Waals surface area contributed by atoms with Crippen molar-refractivity contribution in [2.75, 3.05) is 0 Å². The normalized spacial score (nSPS) is 14.4. The average molecular weight is 198 g/mol. The first-order valence-electron chi connectivity index (χ1n) is 6.02. The van der Waals surface area contributed by atoms with Gasteiger partial charge in [0, 0.05) is 12.5 Å². The third kappa shape index (κ3) is 8.09. The van der Waals surface area contributed by atoms with Crippen LogP contribution in [0.5, 0.6) is 0 Å². The van der Waals surface area contributed by atoms with Crippen LogP contribution in [0.4, 0.5) is 0 Å². The van der Waals surface area contributed by atoms with E-state index in [4.69, 9.17) is 5.73 Å². The van der Waals surface area contributed by atoms with E-state index in [9.17, 15) is 0 Å². The van der Waals surface area contributed by atoms with Gasteiger partial charge >= 0.3 is 0 Å². The molecule has 0 rings (SSSR count). The monoisotopic (exact) mass is 198 g/mol. The molecule has 0 radical (unpaired) electrons. The highest BCUT2D eigenvalue weighted by Crippen LogP contribution is 2.07. The van der Waals surface area contributed by atoms with E-state index >= 15 is 0 Å². The molecule has 0 aromatic heterocycles. The van der Waals surface area contributed by atoms with Crippen molar-refractivity contribution in [3.63, 3.8) is 0 Å². The Morgan fingerprint density at radius 3 is 2.43 bits per heavy atom. The van der Waals surface area contributed by atoms with Gasteiger partial charge < -0.3 is 5.73 Å². The lowest BCUT2D eigenvalue weighted by atomic mass is 10.1. The number of unbranched alkanes of at least 4 members (excludes halogenated alkanes) is 3. The van der Waals surface area contributed by atoms with Gasteiger partial charge in [0.1, 0.15) is 0 Å². The molecule has 0 aliphatic carbocycles. The summed E-state index contributed by atoms with van der Waals surface area (Å²) < 4.78 is 0. The predicted molar refractivity (Wildman–Crippen MR) is 64.8 cm³/mol. The molecular weight excluding hydrogens is 172 g/mol. The largest absolute Gasteiger partial charge is 0.387 e. The molecule has 2 nitrogen and oxygen atoms in total. The van der Waals surface area contributed by atoms with Gasteiger partial charge in [-0.2, -0.15) is 0 Å². The first kappa shape index (κ1) is 13.5. The Kier molecular flexibility index (Phi) is 8.70. The molecule has 2 heteroatoms. The number of rotatable bonds is 8. The van der Waals surface area contributed by atoms with Crippen molar-refractivity contribution in [1.82, 2.24) is 0 Å². The molecule has 0 heterocycles. The van der Waals surface area contributed by atoms with Gasteiger partial charge in [-0.1, -0.05) is 39.5 Å². The van der Waals surface area contributed by atoms with Gasteiger partial charge in [0.05, 0.1) is 5.84 Å². The van der Waals surface area contributed by atoms with E-state index in [1.807, 2.05) is 0 Å². The maximum absolute atomic E-state index is 5.77. The summed E-state index contributed by atoms with van der Waals surface area (Å²) in [6, 6.07) is 0.415. The van der Waals surface area contributed by atoms with Gasteiger partial charge in [-0.25, -0.2) is 0 Å². The Balaban J connectivity index is 3.52. The van der Waals surface area contributed by atoms with Gasteiger partial charge in [-0.05, 0) is 19.8 Å². The van der Waals surface area contributed by atoms with E-state index < -0.39 is 0 Å². The van der Waals surface area contributed by atoms with Crippen molar-refractivity contribution in [2.45, 2.75) is 71.8 Å². The fourth-order valence-electron chi connectivity index (χ4n) is 1.53.